The highest BCUT2D eigenvalue weighted by Crippen LogP contribution is 2.29. The summed E-state index contributed by atoms with van der Waals surface area (Å²) >= 11 is 0. The summed E-state index contributed by atoms with van der Waals surface area (Å²) in [5.74, 6) is 0.717. The number of hydrogen-bond donors (Lipinski definition) is 1. The van der Waals surface area contributed by atoms with E-state index >= 15 is 0 Å². The number of aromatic nitrogens is 2. The number of piperidine rings is 1. The monoisotopic (exact) mass is 303 g/mol. The van der Waals surface area contributed by atoms with Crippen molar-refractivity contribution < 1.29 is 9.50 Å². The molecule has 3 rings (SSSR count). The fourth-order valence-corrected chi connectivity index (χ4v) is 3.21. The van der Waals surface area contributed by atoms with Crippen molar-refractivity contribution in [1.82, 2.24) is 14.5 Å². The van der Waals surface area contributed by atoms with Crippen LogP contribution in [-0.2, 0) is 13.6 Å². The van der Waals surface area contributed by atoms with E-state index in [0.29, 0.717) is 0 Å². The molecule has 1 N–H and O–H groups in total. The molecule has 0 bridgehead atoms. The molecule has 4 nitrogen and oxygen atoms in total. The minimum atomic E-state index is -0.531. The van der Waals surface area contributed by atoms with Crippen molar-refractivity contribution in [2.75, 3.05) is 13.1 Å². The van der Waals surface area contributed by atoms with Gasteiger partial charge in [0.05, 0.1) is 0 Å². The highest BCUT2D eigenvalue weighted by atomic mass is 19.1. The molecule has 2 atom stereocenters. The lowest BCUT2D eigenvalue weighted by Crippen LogP contribution is -2.37. The van der Waals surface area contributed by atoms with Crippen LogP contribution in [0, 0.1) is 11.7 Å². The molecule has 1 fully saturated rings. The molecule has 1 aromatic carbocycles. The number of imidazole rings is 1. The predicted octanol–water partition coefficient (Wildman–Crippen LogP) is 2.50. The van der Waals surface area contributed by atoms with E-state index in [9.17, 15) is 9.50 Å². The molecule has 0 aliphatic carbocycles. The summed E-state index contributed by atoms with van der Waals surface area (Å²) in [6.07, 6.45) is 5.12. The number of aryl methyl sites for hydroxylation is 1. The van der Waals surface area contributed by atoms with Crippen molar-refractivity contribution in [1.29, 1.82) is 0 Å². The highest BCUT2D eigenvalue weighted by Gasteiger charge is 2.29. The van der Waals surface area contributed by atoms with Gasteiger partial charge in [0.25, 0.3) is 0 Å². The number of benzene rings is 1. The third-order valence-corrected chi connectivity index (χ3v) is 4.43. The molecule has 0 saturated carbocycles. The van der Waals surface area contributed by atoms with Gasteiger partial charge in [0.15, 0.2) is 0 Å². The van der Waals surface area contributed by atoms with Gasteiger partial charge in [0.1, 0.15) is 17.7 Å². The van der Waals surface area contributed by atoms with Gasteiger partial charge in [-0.25, -0.2) is 9.37 Å². The van der Waals surface area contributed by atoms with E-state index in [-0.39, 0.29) is 11.7 Å². The topological polar surface area (TPSA) is 41.3 Å². The first kappa shape index (κ1) is 15.2. The van der Waals surface area contributed by atoms with E-state index in [0.717, 1.165) is 43.9 Å². The lowest BCUT2D eigenvalue weighted by molar-refractivity contribution is 0.0405. The van der Waals surface area contributed by atoms with Crippen LogP contribution in [0.15, 0.2) is 36.7 Å². The largest absolute Gasteiger partial charge is 0.385 e. The van der Waals surface area contributed by atoms with Gasteiger partial charge in [0, 0.05) is 38.4 Å². The van der Waals surface area contributed by atoms with E-state index in [1.54, 1.807) is 6.20 Å². The van der Waals surface area contributed by atoms with Crippen LogP contribution in [0.2, 0.25) is 0 Å². The Bertz CT molecular complexity index is 611. The zero-order valence-corrected chi connectivity index (χ0v) is 12.8. The van der Waals surface area contributed by atoms with Gasteiger partial charge in [-0.3, -0.25) is 4.90 Å². The average Bonchev–Trinajstić information content (AvgIpc) is 2.95. The number of likely N-dealkylation sites (tertiary alicyclic amines) is 1. The van der Waals surface area contributed by atoms with E-state index < -0.39 is 6.10 Å². The number of aliphatic hydroxyl groups excluding tert-OH is 1. The Labute approximate surface area is 130 Å². The van der Waals surface area contributed by atoms with Crippen molar-refractivity contribution in [3.63, 3.8) is 0 Å². The molecule has 5 heteroatoms. The van der Waals surface area contributed by atoms with Crippen LogP contribution in [0.25, 0.3) is 0 Å². The van der Waals surface area contributed by atoms with E-state index in [4.69, 9.17) is 0 Å². The van der Waals surface area contributed by atoms with Crippen molar-refractivity contribution in [3.05, 3.63) is 53.9 Å². The summed E-state index contributed by atoms with van der Waals surface area (Å²) < 4.78 is 14.9. The molecular formula is C17H22FN3O. The number of nitrogens with zero attached hydrogens (tertiary/aromatic N) is 3. The minimum absolute atomic E-state index is 0.190. The summed E-state index contributed by atoms with van der Waals surface area (Å²) in [6.45, 7) is 2.65. The zero-order chi connectivity index (χ0) is 15.5. The predicted molar refractivity (Wildman–Crippen MR) is 82.6 cm³/mol. The van der Waals surface area contributed by atoms with Crippen LogP contribution in [-0.4, -0.2) is 32.6 Å². The molecule has 0 radical (unpaired) electrons. The Morgan fingerprint density at radius 3 is 2.82 bits per heavy atom. The van der Waals surface area contributed by atoms with Gasteiger partial charge in [0.2, 0.25) is 0 Å². The summed E-state index contributed by atoms with van der Waals surface area (Å²) in [7, 11) is 1.91. The van der Waals surface area contributed by atoms with Crippen molar-refractivity contribution in [3.8, 4) is 0 Å². The van der Waals surface area contributed by atoms with E-state index in [1.165, 1.54) is 12.1 Å². The Morgan fingerprint density at radius 2 is 2.14 bits per heavy atom. The van der Waals surface area contributed by atoms with Gasteiger partial charge in [-0.2, -0.15) is 0 Å². The van der Waals surface area contributed by atoms with Gasteiger partial charge in [-0.1, -0.05) is 12.1 Å². The number of rotatable bonds is 4. The third kappa shape index (κ3) is 3.36. The van der Waals surface area contributed by atoms with E-state index in [2.05, 4.69) is 9.88 Å². The Hall–Kier alpha value is -1.72. The van der Waals surface area contributed by atoms with Gasteiger partial charge in [-0.15, -0.1) is 0 Å². The molecule has 2 aromatic rings. The van der Waals surface area contributed by atoms with Crippen LogP contribution in [0.1, 0.15) is 30.3 Å². The van der Waals surface area contributed by atoms with Crippen molar-refractivity contribution >= 4 is 0 Å². The minimum Gasteiger partial charge on any atom is -0.385 e. The first-order chi connectivity index (χ1) is 10.6. The molecule has 2 heterocycles. The van der Waals surface area contributed by atoms with Crippen LogP contribution in [0.4, 0.5) is 4.39 Å². The smallest absolute Gasteiger partial charge is 0.137 e. The molecular weight excluding hydrogens is 281 g/mol. The molecule has 1 aromatic heterocycles. The first-order valence-electron chi connectivity index (χ1n) is 7.75. The first-order valence-corrected chi connectivity index (χ1v) is 7.75. The third-order valence-electron chi connectivity index (χ3n) is 4.43. The zero-order valence-electron chi connectivity index (χ0n) is 12.8. The maximum Gasteiger partial charge on any atom is 0.137 e. The van der Waals surface area contributed by atoms with Crippen LogP contribution >= 0.6 is 0 Å². The molecule has 118 valence electrons. The maximum absolute atomic E-state index is 13.0. The average molecular weight is 303 g/mol. The second-order valence-corrected chi connectivity index (χ2v) is 6.11. The van der Waals surface area contributed by atoms with Gasteiger partial charge < -0.3 is 9.67 Å². The van der Waals surface area contributed by atoms with Gasteiger partial charge >= 0.3 is 0 Å². The number of aliphatic hydroxyl groups is 1. The number of halogens is 1. The Kier molecular flexibility index (Phi) is 4.55. The fraction of sp³-hybridized carbons (Fsp3) is 0.471. The molecule has 22 heavy (non-hydrogen) atoms. The molecule has 0 amide bonds. The molecule has 1 aliphatic rings. The Balaban J connectivity index is 1.64. The lowest BCUT2D eigenvalue weighted by atomic mass is 9.91. The Morgan fingerprint density at radius 1 is 1.36 bits per heavy atom. The van der Waals surface area contributed by atoms with Crippen LogP contribution in [0.5, 0.6) is 0 Å². The molecule has 1 saturated heterocycles. The van der Waals surface area contributed by atoms with Crippen molar-refractivity contribution in [2.24, 2.45) is 13.0 Å². The molecule has 0 spiro atoms. The maximum atomic E-state index is 13.0. The standard InChI is InChI=1S/C17H22FN3O/c1-20-10-8-19-17(20)16(22)14-3-2-9-21(12-14)11-13-4-6-15(18)7-5-13/h4-8,10,14,16,22H,2-3,9,11-12H2,1H3. The van der Waals surface area contributed by atoms with Crippen molar-refractivity contribution in [2.45, 2.75) is 25.5 Å². The summed E-state index contributed by atoms with van der Waals surface area (Å²) in [4.78, 5) is 6.59. The van der Waals surface area contributed by atoms with Gasteiger partial charge in [-0.05, 0) is 37.1 Å². The van der Waals surface area contributed by atoms with Crippen LogP contribution < -0.4 is 0 Å². The summed E-state index contributed by atoms with van der Waals surface area (Å²) in [5.41, 5.74) is 1.11. The number of hydrogen-bond acceptors (Lipinski definition) is 3. The SMILES string of the molecule is Cn1ccnc1C(O)C1CCCN(Cc2ccc(F)cc2)C1. The second-order valence-electron chi connectivity index (χ2n) is 6.11. The summed E-state index contributed by atoms with van der Waals surface area (Å²) in [5, 5.41) is 10.6. The summed E-state index contributed by atoms with van der Waals surface area (Å²) in [6, 6.07) is 6.65. The molecule has 1 aliphatic heterocycles. The normalized spacial score (nSPS) is 21.0. The second kappa shape index (κ2) is 6.58. The molecule has 2 unspecified atom stereocenters. The van der Waals surface area contributed by atoms with Crippen LogP contribution in [0.3, 0.4) is 0 Å². The van der Waals surface area contributed by atoms with E-state index in [1.807, 2.05) is 29.9 Å². The highest BCUT2D eigenvalue weighted by molar-refractivity contribution is 5.16. The quantitative estimate of drug-likeness (QED) is 0.943. The fourth-order valence-electron chi connectivity index (χ4n) is 3.21. The lowest BCUT2D eigenvalue weighted by Gasteiger charge is -2.34.